The van der Waals surface area contributed by atoms with Gasteiger partial charge >= 0.3 is 6.18 Å². The first-order chi connectivity index (χ1) is 16.5. The number of aromatic nitrogens is 2. The van der Waals surface area contributed by atoms with Crippen LogP contribution in [0.3, 0.4) is 0 Å². The zero-order valence-corrected chi connectivity index (χ0v) is 21.6. The van der Waals surface area contributed by atoms with Crippen molar-refractivity contribution < 1.29 is 17.6 Å². The van der Waals surface area contributed by atoms with Gasteiger partial charge in [-0.15, -0.1) is 21.0 Å². The minimum absolute atomic E-state index is 0.386. The number of nitrogens with zero attached hydrogens (tertiary/aromatic N) is 3. The molecular weight excluding hydrogens is 493 g/mol. The van der Waals surface area contributed by atoms with E-state index < -0.39 is 17.1 Å². The summed E-state index contributed by atoms with van der Waals surface area (Å²) in [5, 5.41) is 0.291. The number of hydrogen-bond acceptors (Lipinski definition) is 4. The molecule has 4 rings (SSSR count). The van der Waals surface area contributed by atoms with Crippen LogP contribution >= 0.6 is 21.0 Å². The summed E-state index contributed by atoms with van der Waals surface area (Å²) in [6.07, 6.45) is 1.72. The number of rotatable bonds is 6. The third-order valence-corrected chi connectivity index (χ3v) is 7.62. The summed E-state index contributed by atoms with van der Waals surface area (Å²) in [6.45, 7) is 1.96. The molecule has 35 heavy (non-hydrogen) atoms. The van der Waals surface area contributed by atoms with Gasteiger partial charge in [-0.25, -0.2) is 4.39 Å². The molecular formula is C26H26F4N3PS. The Morgan fingerprint density at radius 3 is 2.31 bits per heavy atom. The Hall–Kier alpha value is -2.44. The number of aryl methyl sites for hydroxylation is 1. The van der Waals surface area contributed by atoms with Crippen LogP contribution < -0.4 is 5.30 Å². The van der Waals surface area contributed by atoms with E-state index in [2.05, 4.69) is 19.1 Å². The van der Waals surface area contributed by atoms with Crippen LogP contribution in [0.4, 0.5) is 17.6 Å². The normalized spacial score (nSPS) is 14.5. The summed E-state index contributed by atoms with van der Waals surface area (Å²) >= 11 is 1.25. The van der Waals surface area contributed by atoms with Gasteiger partial charge in [0.05, 0.1) is 16.6 Å². The molecule has 0 N–H and O–H groups in total. The van der Waals surface area contributed by atoms with Crippen LogP contribution in [0.5, 0.6) is 0 Å². The maximum atomic E-state index is 15.0. The maximum absolute atomic E-state index is 15.0. The van der Waals surface area contributed by atoms with Crippen molar-refractivity contribution in [1.82, 2.24) is 14.9 Å². The van der Waals surface area contributed by atoms with Crippen molar-refractivity contribution >= 4 is 32.0 Å². The smallest absolute Gasteiger partial charge is 0.376 e. The molecule has 0 aliphatic heterocycles. The third-order valence-electron chi connectivity index (χ3n) is 6.00. The monoisotopic (exact) mass is 519 g/mol. The Balaban J connectivity index is 1.76. The highest BCUT2D eigenvalue weighted by Crippen LogP contribution is 2.43. The Labute approximate surface area is 209 Å². The van der Waals surface area contributed by atoms with Gasteiger partial charge < -0.3 is 4.90 Å². The predicted octanol–water partition coefficient (Wildman–Crippen LogP) is 6.78. The summed E-state index contributed by atoms with van der Waals surface area (Å²) in [5.41, 5.74) is 4.55. The molecule has 1 saturated carbocycles. The number of thioether (sulfide) groups is 1. The first kappa shape index (κ1) is 25.6. The van der Waals surface area contributed by atoms with E-state index in [-0.39, 0.29) is 5.82 Å². The number of benzene rings is 1. The minimum Gasteiger partial charge on any atom is -0.376 e. The molecule has 1 fully saturated rings. The zero-order chi connectivity index (χ0) is 25.3. The van der Waals surface area contributed by atoms with Gasteiger partial charge in [0.25, 0.3) is 0 Å². The molecule has 3 aromatic rings. The first-order valence-electron chi connectivity index (χ1n) is 11.2. The molecule has 0 saturated heterocycles. The second-order valence-electron chi connectivity index (χ2n) is 8.78. The average molecular weight is 520 g/mol. The van der Waals surface area contributed by atoms with Crippen LogP contribution in [0.25, 0.3) is 5.70 Å². The zero-order valence-electron chi connectivity index (χ0n) is 19.7. The molecule has 1 aromatic carbocycles. The van der Waals surface area contributed by atoms with Gasteiger partial charge in [-0.05, 0) is 78.5 Å². The Morgan fingerprint density at radius 2 is 1.77 bits per heavy atom. The fourth-order valence-electron chi connectivity index (χ4n) is 4.10. The molecule has 2 heterocycles. The van der Waals surface area contributed by atoms with Crippen LogP contribution in [0.2, 0.25) is 0 Å². The first-order valence-corrected chi connectivity index (χ1v) is 12.6. The molecule has 2 aromatic heterocycles. The van der Waals surface area contributed by atoms with E-state index in [9.17, 15) is 13.2 Å². The lowest BCUT2D eigenvalue weighted by Crippen LogP contribution is -2.17. The van der Waals surface area contributed by atoms with E-state index in [1.165, 1.54) is 42.1 Å². The van der Waals surface area contributed by atoms with E-state index in [1.807, 2.05) is 27.1 Å². The van der Waals surface area contributed by atoms with Crippen molar-refractivity contribution in [3.8, 4) is 0 Å². The molecule has 1 aliphatic rings. The molecule has 0 bridgehead atoms. The van der Waals surface area contributed by atoms with Crippen LogP contribution in [-0.2, 0) is 6.18 Å². The number of alkyl halides is 3. The van der Waals surface area contributed by atoms with E-state index in [4.69, 9.17) is 4.98 Å². The number of pyridine rings is 2. The van der Waals surface area contributed by atoms with E-state index >= 15 is 4.39 Å². The standard InChI is InChI=1S/C26H26F4N3PS/c1-15-11-22(24(33(2)3)16-5-4-6-16)31-14-20(15)25(19-12-17(34)7-9-21(19)27)35-18-8-10-23(32-13-18)26(28,29)30/h7-14,25H,4-6,34H2,1-3H3. The van der Waals surface area contributed by atoms with Crippen LogP contribution in [0, 0.1) is 12.7 Å². The summed E-state index contributed by atoms with van der Waals surface area (Å²) in [7, 11) is 6.56. The fraction of sp³-hybridized carbons (Fsp3) is 0.308. The molecule has 2 unspecified atom stereocenters. The lowest BCUT2D eigenvalue weighted by molar-refractivity contribution is -0.141. The number of allylic oxidation sites excluding steroid dienone is 1. The maximum Gasteiger partial charge on any atom is 0.433 e. The Kier molecular flexibility index (Phi) is 7.53. The lowest BCUT2D eigenvalue weighted by Gasteiger charge is -2.28. The van der Waals surface area contributed by atoms with Gasteiger partial charge in [-0.2, -0.15) is 13.2 Å². The summed E-state index contributed by atoms with van der Waals surface area (Å²) < 4.78 is 53.9. The molecule has 9 heteroatoms. The summed E-state index contributed by atoms with van der Waals surface area (Å²) in [5.74, 6) is -0.386. The van der Waals surface area contributed by atoms with Crippen LogP contribution in [0.1, 0.15) is 52.6 Å². The van der Waals surface area contributed by atoms with Crippen LogP contribution in [0.15, 0.2) is 59.3 Å². The topological polar surface area (TPSA) is 29.0 Å². The van der Waals surface area contributed by atoms with Crippen molar-refractivity contribution in [2.24, 2.45) is 0 Å². The second kappa shape index (κ2) is 10.3. The largest absolute Gasteiger partial charge is 0.433 e. The lowest BCUT2D eigenvalue weighted by atomic mass is 9.88. The van der Waals surface area contributed by atoms with E-state index in [0.29, 0.717) is 10.5 Å². The van der Waals surface area contributed by atoms with Crippen molar-refractivity contribution in [1.29, 1.82) is 0 Å². The SMILES string of the molecule is Cc1cc(C(=C2CCC2)N(C)C)ncc1C(Sc1ccc(C(F)(F)F)nc1)c1cc(P)ccc1F. The van der Waals surface area contributed by atoms with Gasteiger partial charge in [-0.3, -0.25) is 9.97 Å². The van der Waals surface area contributed by atoms with Gasteiger partial charge in [0.2, 0.25) is 0 Å². The summed E-state index contributed by atoms with van der Waals surface area (Å²) in [4.78, 5) is 10.9. The van der Waals surface area contributed by atoms with Crippen LogP contribution in [-0.4, -0.2) is 29.0 Å². The highest BCUT2D eigenvalue weighted by Gasteiger charge is 2.32. The highest BCUT2D eigenvalue weighted by atomic mass is 32.2. The predicted molar refractivity (Wildman–Crippen MR) is 136 cm³/mol. The van der Waals surface area contributed by atoms with Crippen molar-refractivity contribution in [3.63, 3.8) is 0 Å². The molecule has 0 radical (unpaired) electrons. The quantitative estimate of drug-likeness (QED) is 0.204. The molecule has 1 aliphatic carbocycles. The van der Waals surface area contributed by atoms with Crippen molar-refractivity contribution in [2.45, 2.75) is 42.5 Å². The number of hydrogen-bond donors (Lipinski definition) is 0. The Morgan fingerprint density at radius 1 is 1.03 bits per heavy atom. The van der Waals surface area contributed by atoms with Gasteiger partial charge in [0.1, 0.15) is 11.5 Å². The van der Waals surface area contributed by atoms with E-state index in [1.54, 1.807) is 18.3 Å². The van der Waals surface area contributed by atoms with Gasteiger partial charge in [0.15, 0.2) is 0 Å². The van der Waals surface area contributed by atoms with E-state index in [0.717, 1.165) is 46.7 Å². The third kappa shape index (κ3) is 5.70. The highest BCUT2D eigenvalue weighted by molar-refractivity contribution is 7.99. The van der Waals surface area contributed by atoms with Crippen molar-refractivity contribution in [3.05, 3.63) is 88.3 Å². The molecule has 2 atom stereocenters. The minimum atomic E-state index is -4.52. The van der Waals surface area contributed by atoms with Gasteiger partial charge in [0, 0.05) is 36.9 Å². The Bertz CT molecular complexity index is 1250. The second-order valence-corrected chi connectivity index (χ2v) is 10.6. The fourth-order valence-corrected chi connectivity index (χ4v) is 5.59. The molecule has 184 valence electrons. The molecule has 0 spiro atoms. The molecule has 3 nitrogen and oxygen atoms in total. The van der Waals surface area contributed by atoms with Crippen molar-refractivity contribution in [2.75, 3.05) is 14.1 Å². The van der Waals surface area contributed by atoms with Gasteiger partial charge in [-0.1, -0.05) is 6.07 Å². The number of halogens is 4. The summed E-state index contributed by atoms with van der Waals surface area (Å²) in [6, 6.07) is 9.13. The molecule has 0 amide bonds. The average Bonchev–Trinajstić information content (AvgIpc) is 2.76.